The number of aryl methyl sites for hydroxylation is 1. The molecule has 0 aliphatic heterocycles. The van der Waals surface area contributed by atoms with Crippen molar-refractivity contribution < 1.29 is 4.74 Å². The van der Waals surface area contributed by atoms with Crippen LogP contribution in [-0.2, 0) is 16.6 Å². The van der Waals surface area contributed by atoms with Crippen molar-refractivity contribution >= 4 is 11.6 Å². The average Bonchev–Trinajstić information content (AvgIpc) is 2.44. The monoisotopic (exact) mass is 266 g/mol. The first-order valence-corrected chi connectivity index (χ1v) is 7.41. The SMILES string of the molecule is COCCC(C)C1(CCl)CCCc2ccccc21. The lowest BCUT2D eigenvalue weighted by molar-refractivity contribution is 0.152. The van der Waals surface area contributed by atoms with Crippen molar-refractivity contribution in [1.29, 1.82) is 0 Å². The highest BCUT2D eigenvalue weighted by atomic mass is 35.5. The Morgan fingerprint density at radius 3 is 2.89 bits per heavy atom. The van der Waals surface area contributed by atoms with Gasteiger partial charge in [-0.2, -0.15) is 0 Å². The lowest BCUT2D eigenvalue weighted by atomic mass is 9.64. The van der Waals surface area contributed by atoms with Gasteiger partial charge < -0.3 is 4.74 Å². The van der Waals surface area contributed by atoms with E-state index in [9.17, 15) is 0 Å². The zero-order valence-electron chi connectivity index (χ0n) is 11.4. The molecular formula is C16H23ClO. The van der Waals surface area contributed by atoms with Gasteiger partial charge in [0, 0.05) is 25.0 Å². The summed E-state index contributed by atoms with van der Waals surface area (Å²) in [6, 6.07) is 8.83. The zero-order chi connectivity index (χ0) is 13.0. The lowest BCUT2D eigenvalue weighted by Gasteiger charge is -2.42. The summed E-state index contributed by atoms with van der Waals surface area (Å²) in [5, 5.41) is 0. The quantitative estimate of drug-likeness (QED) is 0.727. The molecule has 1 aliphatic rings. The molecule has 100 valence electrons. The summed E-state index contributed by atoms with van der Waals surface area (Å²) in [5.41, 5.74) is 3.12. The highest BCUT2D eigenvalue weighted by Gasteiger charge is 2.39. The number of halogens is 1. The standard InChI is InChI=1S/C16H23ClO/c1-13(9-11-18-2)16(12-17)10-5-7-14-6-3-4-8-15(14)16/h3-4,6,8,13H,5,7,9-12H2,1-2H3. The van der Waals surface area contributed by atoms with Gasteiger partial charge in [-0.25, -0.2) is 0 Å². The van der Waals surface area contributed by atoms with Gasteiger partial charge >= 0.3 is 0 Å². The minimum absolute atomic E-state index is 0.148. The van der Waals surface area contributed by atoms with Gasteiger partial charge in [0.05, 0.1) is 0 Å². The Bertz CT molecular complexity index is 390. The number of rotatable bonds is 5. The molecule has 1 aliphatic carbocycles. The van der Waals surface area contributed by atoms with E-state index >= 15 is 0 Å². The largest absolute Gasteiger partial charge is 0.385 e. The van der Waals surface area contributed by atoms with Gasteiger partial charge in [-0.3, -0.25) is 0 Å². The second-order valence-corrected chi connectivity index (χ2v) is 5.75. The maximum Gasteiger partial charge on any atom is 0.0465 e. The number of alkyl halides is 1. The summed E-state index contributed by atoms with van der Waals surface area (Å²) in [6.45, 7) is 3.14. The van der Waals surface area contributed by atoms with E-state index in [1.54, 1.807) is 7.11 Å². The predicted molar refractivity (Wildman–Crippen MR) is 77.4 cm³/mol. The van der Waals surface area contributed by atoms with E-state index in [1.165, 1.54) is 30.4 Å². The van der Waals surface area contributed by atoms with Crippen LogP contribution >= 0.6 is 11.6 Å². The minimum atomic E-state index is 0.148. The molecule has 2 unspecified atom stereocenters. The summed E-state index contributed by atoms with van der Waals surface area (Å²) >= 11 is 6.40. The van der Waals surface area contributed by atoms with E-state index < -0.39 is 0 Å². The lowest BCUT2D eigenvalue weighted by Crippen LogP contribution is -2.39. The molecule has 0 radical (unpaired) electrons. The van der Waals surface area contributed by atoms with Crippen LogP contribution in [0.3, 0.4) is 0 Å². The molecule has 1 aromatic carbocycles. The second kappa shape index (κ2) is 6.08. The molecule has 2 rings (SSSR count). The summed E-state index contributed by atoms with van der Waals surface area (Å²) < 4.78 is 5.24. The van der Waals surface area contributed by atoms with Gasteiger partial charge in [-0.05, 0) is 42.7 Å². The van der Waals surface area contributed by atoms with Crippen molar-refractivity contribution in [2.24, 2.45) is 5.92 Å². The number of fused-ring (bicyclic) bond motifs is 1. The number of hydrogen-bond donors (Lipinski definition) is 0. The minimum Gasteiger partial charge on any atom is -0.385 e. The van der Waals surface area contributed by atoms with Crippen molar-refractivity contribution in [3.63, 3.8) is 0 Å². The fourth-order valence-electron chi connectivity index (χ4n) is 3.31. The molecule has 18 heavy (non-hydrogen) atoms. The molecule has 0 spiro atoms. The number of ether oxygens (including phenoxy) is 1. The van der Waals surface area contributed by atoms with Crippen molar-refractivity contribution in [2.75, 3.05) is 19.6 Å². The summed E-state index contributed by atoms with van der Waals surface area (Å²) in [5.74, 6) is 1.28. The third kappa shape index (κ3) is 2.44. The second-order valence-electron chi connectivity index (χ2n) is 5.48. The Kier molecular flexibility index (Phi) is 4.69. The number of methoxy groups -OCH3 is 1. The first kappa shape index (κ1) is 13.9. The normalized spacial score (nSPS) is 24.6. The molecule has 1 nitrogen and oxygen atoms in total. The van der Waals surface area contributed by atoms with Gasteiger partial charge in [0.2, 0.25) is 0 Å². The third-order valence-corrected chi connectivity index (χ3v) is 5.04. The van der Waals surface area contributed by atoms with E-state index in [4.69, 9.17) is 16.3 Å². The highest BCUT2D eigenvalue weighted by Crippen LogP contribution is 2.44. The Balaban J connectivity index is 2.32. The third-order valence-electron chi connectivity index (χ3n) is 4.56. The maximum atomic E-state index is 6.40. The van der Waals surface area contributed by atoms with Crippen LogP contribution in [0.4, 0.5) is 0 Å². The van der Waals surface area contributed by atoms with Gasteiger partial charge in [0.25, 0.3) is 0 Å². The molecule has 0 amide bonds. The van der Waals surface area contributed by atoms with Crippen molar-refractivity contribution in [1.82, 2.24) is 0 Å². The molecule has 0 fully saturated rings. The summed E-state index contributed by atoms with van der Waals surface area (Å²) in [4.78, 5) is 0. The first-order valence-electron chi connectivity index (χ1n) is 6.88. The van der Waals surface area contributed by atoms with Gasteiger partial charge in [-0.15, -0.1) is 11.6 Å². The van der Waals surface area contributed by atoms with Crippen LogP contribution in [0.25, 0.3) is 0 Å². The topological polar surface area (TPSA) is 9.23 Å². The maximum absolute atomic E-state index is 6.40. The van der Waals surface area contributed by atoms with Crippen LogP contribution in [0.1, 0.15) is 37.3 Å². The van der Waals surface area contributed by atoms with E-state index in [2.05, 4.69) is 31.2 Å². The van der Waals surface area contributed by atoms with Crippen LogP contribution in [-0.4, -0.2) is 19.6 Å². The van der Waals surface area contributed by atoms with Crippen LogP contribution in [0.5, 0.6) is 0 Å². The zero-order valence-corrected chi connectivity index (χ0v) is 12.2. The summed E-state index contributed by atoms with van der Waals surface area (Å²) in [6.07, 6.45) is 4.74. The number of hydrogen-bond acceptors (Lipinski definition) is 1. The molecule has 0 bridgehead atoms. The van der Waals surface area contributed by atoms with Crippen molar-refractivity contribution in [3.8, 4) is 0 Å². The molecule has 0 N–H and O–H groups in total. The molecule has 0 aromatic heterocycles. The Morgan fingerprint density at radius 1 is 1.39 bits per heavy atom. The van der Waals surface area contributed by atoms with E-state index in [-0.39, 0.29) is 5.41 Å². The molecule has 2 heteroatoms. The fraction of sp³-hybridized carbons (Fsp3) is 0.625. The molecule has 2 atom stereocenters. The van der Waals surface area contributed by atoms with Crippen molar-refractivity contribution in [2.45, 2.75) is 38.0 Å². The van der Waals surface area contributed by atoms with Crippen LogP contribution < -0.4 is 0 Å². The Morgan fingerprint density at radius 2 is 2.17 bits per heavy atom. The molecule has 0 heterocycles. The van der Waals surface area contributed by atoms with Crippen LogP contribution in [0.15, 0.2) is 24.3 Å². The smallest absolute Gasteiger partial charge is 0.0465 e. The van der Waals surface area contributed by atoms with Crippen LogP contribution in [0, 0.1) is 5.92 Å². The van der Waals surface area contributed by atoms with E-state index in [0.717, 1.165) is 18.9 Å². The van der Waals surface area contributed by atoms with Gasteiger partial charge in [0.1, 0.15) is 0 Å². The van der Waals surface area contributed by atoms with Crippen molar-refractivity contribution in [3.05, 3.63) is 35.4 Å². The predicted octanol–water partition coefficient (Wildman–Crippen LogP) is 4.17. The van der Waals surface area contributed by atoms with E-state index in [0.29, 0.717) is 5.92 Å². The highest BCUT2D eigenvalue weighted by molar-refractivity contribution is 6.18. The Labute approximate surface area is 115 Å². The molecule has 0 saturated carbocycles. The average molecular weight is 267 g/mol. The van der Waals surface area contributed by atoms with E-state index in [1.807, 2.05) is 0 Å². The van der Waals surface area contributed by atoms with Gasteiger partial charge in [0.15, 0.2) is 0 Å². The van der Waals surface area contributed by atoms with Gasteiger partial charge in [-0.1, -0.05) is 31.2 Å². The first-order chi connectivity index (χ1) is 8.74. The Hall–Kier alpha value is -0.530. The fourth-order valence-corrected chi connectivity index (χ4v) is 3.85. The molecular weight excluding hydrogens is 244 g/mol. The number of benzene rings is 1. The molecule has 1 aromatic rings. The van der Waals surface area contributed by atoms with Crippen LogP contribution in [0.2, 0.25) is 0 Å². The summed E-state index contributed by atoms with van der Waals surface area (Å²) in [7, 11) is 1.77. The molecule has 0 saturated heterocycles.